The molecule has 0 saturated heterocycles. The van der Waals surface area contributed by atoms with Gasteiger partial charge in [-0.15, -0.1) is 11.3 Å². The Labute approximate surface area is 91.2 Å². The lowest BCUT2D eigenvalue weighted by Gasteiger charge is -2.00. The Morgan fingerprint density at radius 3 is 2.80 bits per heavy atom. The summed E-state index contributed by atoms with van der Waals surface area (Å²) < 4.78 is 1.09. The lowest BCUT2D eigenvalue weighted by molar-refractivity contribution is 1.51. The Morgan fingerprint density at radius 2 is 1.93 bits per heavy atom. The summed E-state index contributed by atoms with van der Waals surface area (Å²) in [5, 5.41) is 14.7. The molecule has 0 bridgehead atoms. The van der Waals surface area contributed by atoms with Gasteiger partial charge in [0, 0.05) is 5.39 Å². The first-order valence-electron chi connectivity index (χ1n) is 4.69. The Hall–Kier alpha value is -1.85. The molecule has 0 N–H and O–H groups in total. The van der Waals surface area contributed by atoms with Crippen LogP contribution < -0.4 is 0 Å². The summed E-state index contributed by atoms with van der Waals surface area (Å²) in [6.45, 7) is 0. The maximum atomic E-state index is 9.07. The highest BCUT2D eigenvalue weighted by atomic mass is 32.1. The van der Waals surface area contributed by atoms with Crippen molar-refractivity contribution in [1.82, 2.24) is 0 Å². The molecule has 0 spiro atoms. The molecule has 15 heavy (non-hydrogen) atoms. The van der Waals surface area contributed by atoms with E-state index in [1.54, 1.807) is 11.3 Å². The molecule has 0 radical (unpaired) electrons. The van der Waals surface area contributed by atoms with Gasteiger partial charge in [-0.1, -0.05) is 24.3 Å². The van der Waals surface area contributed by atoms with E-state index in [1.165, 1.54) is 10.8 Å². The van der Waals surface area contributed by atoms with E-state index in [4.69, 9.17) is 5.26 Å². The third kappa shape index (κ3) is 1.14. The van der Waals surface area contributed by atoms with Crippen LogP contribution in [0.5, 0.6) is 0 Å². The van der Waals surface area contributed by atoms with Crippen LogP contribution in [0.25, 0.3) is 20.9 Å². The van der Waals surface area contributed by atoms with Crippen LogP contribution in [0.2, 0.25) is 0 Å². The summed E-state index contributed by atoms with van der Waals surface area (Å²) in [7, 11) is 0. The molecule has 3 aromatic rings. The molecule has 0 saturated carbocycles. The van der Waals surface area contributed by atoms with Crippen LogP contribution in [0.4, 0.5) is 0 Å². The number of fused-ring (bicyclic) bond motifs is 3. The van der Waals surface area contributed by atoms with Crippen molar-refractivity contribution in [2.45, 2.75) is 0 Å². The average molecular weight is 209 g/mol. The van der Waals surface area contributed by atoms with Crippen molar-refractivity contribution in [1.29, 1.82) is 5.26 Å². The fraction of sp³-hybridized carbons (Fsp3) is 0. The second kappa shape index (κ2) is 3.08. The summed E-state index contributed by atoms with van der Waals surface area (Å²) in [5.41, 5.74) is 0.777. The summed E-state index contributed by atoms with van der Waals surface area (Å²) in [6, 6.07) is 14.5. The van der Waals surface area contributed by atoms with Gasteiger partial charge in [0.15, 0.2) is 0 Å². The Morgan fingerprint density at radius 1 is 1.07 bits per heavy atom. The van der Waals surface area contributed by atoms with E-state index in [2.05, 4.69) is 18.2 Å². The summed E-state index contributed by atoms with van der Waals surface area (Å²) >= 11 is 1.63. The van der Waals surface area contributed by atoms with Gasteiger partial charge in [-0.2, -0.15) is 5.26 Å². The third-order valence-corrected chi connectivity index (χ3v) is 3.53. The molecule has 1 nitrogen and oxygen atoms in total. The molecular formula is C13H7NS. The summed E-state index contributed by atoms with van der Waals surface area (Å²) in [6.07, 6.45) is 0. The molecule has 0 aliphatic heterocycles. The molecule has 2 heteroatoms. The zero-order chi connectivity index (χ0) is 10.3. The summed E-state index contributed by atoms with van der Waals surface area (Å²) in [4.78, 5) is 0. The fourth-order valence-electron chi connectivity index (χ4n) is 1.90. The first-order chi connectivity index (χ1) is 7.40. The minimum atomic E-state index is 0.777. The highest BCUT2D eigenvalue weighted by Crippen LogP contribution is 2.31. The largest absolute Gasteiger partial charge is 0.192 e. The van der Waals surface area contributed by atoms with Crippen molar-refractivity contribution in [3.8, 4) is 6.07 Å². The highest BCUT2D eigenvalue weighted by molar-refractivity contribution is 7.17. The standard InChI is InChI=1S/C13H7NS/c14-8-10-7-9-3-1-2-4-11(9)12-5-6-15-13(10)12/h1-7H. The van der Waals surface area contributed by atoms with Crippen LogP contribution in [0.1, 0.15) is 5.56 Å². The van der Waals surface area contributed by atoms with Crippen LogP contribution in [0.15, 0.2) is 41.8 Å². The van der Waals surface area contributed by atoms with Crippen molar-refractivity contribution < 1.29 is 0 Å². The molecule has 70 valence electrons. The maximum absolute atomic E-state index is 9.07. The molecule has 0 aliphatic carbocycles. The quantitative estimate of drug-likeness (QED) is 0.550. The topological polar surface area (TPSA) is 23.8 Å². The predicted molar refractivity (Wildman–Crippen MR) is 64.0 cm³/mol. The van der Waals surface area contributed by atoms with Gasteiger partial charge >= 0.3 is 0 Å². The number of hydrogen-bond acceptors (Lipinski definition) is 2. The van der Waals surface area contributed by atoms with Crippen molar-refractivity contribution in [2.75, 3.05) is 0 Å². The van der Waals surface area contributed by atoms with Crippen molar-refractivity contribution in [3.63, 3.8) is 0 Å². The Bertz CT molecular complexity index is 688. The van der Waals surface area contributed by atoms with Crippen LogP contribution in [0, 0.1) is 11.3 Å². The average Bonchev–Trinajstić information content (AvgIpc) is 2.77. The van der Waals surface area contributed by atoms with E-state index < -0.39 is 0 Å². The molecule has 2 aromatic carbocycles. The van der Waals surface area contributed by atoms with Crippen LogP contribution in [0.3, 0.4) is 0 Å². The molecule has 0 fully saturated rings. The third-order valence-electron chi connectivity index (χ3n) is 2.58. The number of nitriles is 1. The van der Waals surface area contributed by atoms with Gasteiger partial charge in [0.2, 0.25) is 0 Å². The molecule has 0 amide bonds. The van der Waals surface area contributed by atoms with Gasteiger partial charge in [-0.05, 0) is 28.3 Å². The van der Waals surface area contributed by atoms with Gasteiger partial charge in [0.25, 0.3) is 0 Å². The normalized spacial score (nSPS) is 10.6. The maximum Gasteiger partial charge on any atom is 0.101 e. The van der Waals surface area contributed by atoms with Crippen LogP contribution in [-0.2, 0) is 0 Å². The first-order valence-corrected chi connectivity index (χ1v) is 5.57. The molecule has 1 aromatic heterocycles. The molecule has 0 unspecified atom stereocenters. The van der Waals surface area contributed by atoms with Gasteiger partial charge < -0.3 is 0 Å². The van der Waals surface area contributed by atoms with E-state index in [0.717, 1.165) is 15.6 Å². The molecule has 3 rings (SSSR count). The molecule has 1 heterocycles. The van der Waals surface area contributed by atoms with Crippen LogP contribution in [-0.4, -0.2) is 0 Å². The second-order valence-corrected chi connectivity index (χ2v) is 4.34. The van der Waals surface area contributed by atoms with Gasteiger partial charge in [0.05, 0.1) is 10.3 Å². The molecule has 0 atom stereocenters. The second-order valence-electron chi connectivity index (χ2n) is 3.42. The minimum absolute atomic E-state index is 0.777. The van der Waals surface area contributed by atoms with Gasteiger partial charge in [-0.25, -0.2) is 0 Å². The number of thiophene rings is 1. The number of hydrogen-bond donors (Lipinski definition) is 0. The minimum Gasteiger partial charge on any atom is -0.192 e. The number of benzene rings is 2. The van der Waals surface area contributed by atoms with Gasteiger partial charge in [0.1, 0.15) is 6.07 Å². The monoisotopic (exact) mass is 209 g/mol. The van der Waals surface area contributed by atoms with Crippen molar-refractivity contribution in [3.05, 3.63) is 47.3 Å². The van der Waals surface area contributed by atoms with Crippen LogP contribution >= 0.6 is 11.3 Å². The van der Waals surface area contributed by atoms with E-state index in [-0.39, 0.29) is 0 Å². The van der Waals surface area contributed by atoms with Crippen molar-refractivity contribution >= 4 is 32.2 Å². The van der Waals surface area contributed by atoms with Crippen molar-refractivity contribution in [2.24, 2.45) is 0 Å². The van der Waals surface area contributed by atoms with Gasteiger partial charge in [-0.3, -0.25) is 0 Å². The van der Waals surface area contributed by atoms with E-state index >= 15 is 0 Å². The number of nitrogens with zero attached hydrogens (tertiary/aromatic N) is 1. The SMILES string of the molecule is N#Cc1cc2ccccc2c2ccsc12. The molecule has 0 aliphatic rings. The zero-order valence-corrected chi connectivity index (χ0v) is 8.71. The Kier molecular flexibility index (Phi) is 1.74. The van der Waals surface area contributed by atoms with E-state index in [9.17, 15) is 0 Å². The lowest BCUT2D eigenvalue weighted by Crippen LogP contribution is -1.78. The summed E-state index contributed by atoms with van der Waals surface area (Å²) in [5.74, 6) is 0. The molecular weight excluding hydrogens is 202 g/mol. The van der Waals surface area contributed by atoms with E-state index in [1.807, 2.05) is 29.6 Å². The predicted octanol–water partition coefficient (Wildman–Crippen LogP) is 3.93. The Balaban J connectivity index is 2.64. The zero-order valence-electron chi connectivity index (χ0n) is 7.90. The number of rotatable bonds is 0. The first kappa shape index (κ1) is 8.46. The lowest BCUT2D eigenvalue weighted by atomic mass is 10.0. The highest BCUT2D eigenvalue weighted by Gasteiger charge is 2.06. The smallest absolute Gasteiger partial charge is 0.101 e. The fourth-order valence-corrected chi connectivity index (χ4v) is 2.78. The van der Waals surface area contributed by atoms with E-state index in [0.29, 0.717) is 0 Å².